The minimum absolute atomic E-state index is 0.0197. The van der Waals surface area contributed by atoms with E-state index >= 15 is 0 Å². The summed E-state index contributed by atoms with van der Waals surface area (Å²) in [4.78, 5) is 22.4. The third-order valence-electron chi connectivity index (χ3n) is 2.49. The smallest absolute Gasteiger partial charge is 0.303 e. The maximum atomic E-state index is 12.0. The van der Waals surface area contributed by atoms with Gasteiger partial charge in [0.1, 0.15) is 5.01 Å². The molecule has 0 aliphatic heterocycles. The van der Waals surface area contributed by atoms with Gasteiger partial charge in [0.2, 0.25) is 5.01 Å². The van der Waals surface area contributed by atoms with E-state index in [0.29, 0.717) is 10.7 Å². The molecule has 1 amide bonds. The second-order valence-corrected chi connectivity index (χ2v) is 5.28. The lowest BCUT2D eigenvalue weighted by Crippen LogP contribution is -2.11. The topological polar surface area (TPSA) is 92.2 Å². The molecule has 0 bridgehead atoms. The summed E-state index contributed by atoms with van der Waals surface area (Å²) in [5.74, 6) is -1.24. The van der Waals surface area contributed by atoms with E-state index in [1.165, 1.54) is 0 Å². The number of aliphatic carboxylic acids is 1. The zero-order chi connectivity index (χ0) is 14.5. The van der Waals surface area contributed by atoms with Crippen LogP contribution in [0.25, 0.3) is 0 Å². The molecule has 0 aliphatic carbocycles. The number of nitrogens with zero attached hydrogens (tertiary/aromatic N) is 2. The van der Waals surface area contributed by atoms with E-state index in [4.69, 9.17) is 5.11 Å². The molecule has 1 aromatic carbocycles. The van der Waals surface area contributed by atoms with Crippen LogP contribution in [0.4, 0.5) is 5.69 Å². The van der Waals surface area contributed by atoms with Crippen molar-refractivity contribution >= 4 is 28.9 Å². The number of carbonyl (C=O) groups is 2. The summed E-state index contributed by atoms with van der Waals surface area (Å²) < 4.78 is 0. The van der Waals surface area contributed by atoms with Crippen molar-refractivity contribution in [3.05, 3.63) is 39.8 Å². The molecule has 2 N–H and O–H groups in total. The van der Waals surface area contributed by atoms with Crippen molar-refractivity contribution in [2.45, 2.75) is 19.8 Å². The first-order valence-electron chi connectivity index (χ1n) is 5.97. The SMILES string of the molecule is Cc1cccc(NC(=O)c2nnc(CCC(=O)O)s2)c1. The van der Waals surface area contributed by atoms with Crippen LogP contribution in [0.5, 0.6) is 0 Å². The first-order valence-corrected chi connectivity index (χ1v) is 6.78. The molecule has 0 saturated heterocycles. The van der Waals surface area contributed by atoms with Crippen molar-refractivity contribution in [1.29, 1.82) is 0 Å². The van der Waals surface area contributed by atoms with E-state index in [0.717, 1.165) is 16.9 Å². The molecule has 0 unspecified atom stereocenters. The van der Waals surface area contributed by atoms with Gasteiger partial charge in [-0.3, -0.25) is 9.59 Å². The summed E-state index contributed by atoms with van der Waals surface area (Å²) in [5.41, 5.74) is 1.74. The van der Waals surface area contributed by atoms with Crippen LogP contribution >= 0.6 is 11.3 Å². The van der Waals surface area contributed by atoms with Gasteiger partial charge in [-0.15, -0.1) is 10.2 Å². The number of benzene rings is 1. The van der Waals surface area contributed by atoms with Gasteiger partial charge in [-0.2, -0.15) is 0 Å². The quantitative estimate of drug-likeness (QED) is 0.880. The van der Waals surface area contributed by atoms with Crippen LogP contribution in [0.15, 0.2) is 24.3 Å². The lowest BCUT2D eigenvalue weighted by atomic mass is 10.2. The third-order valence-corrected chi connectivity index (χ3v) is 3.47. The van der Waals surface area contributed by atoms with Gasteiger partial charge in [-0.1, -0.05) is 23.5 Å². The van der Waals surface area contributed by atoms with Gasteiger partial charge < -0.3 is 10.4 Å². The molecule has 0 fully saturated rings. The summed E-state index contributed by atoms with van der Waals surface area (Å²) in [7, 11) is 0. The summed E-state index contributed by atoms with van der Waals surface area (Å²) in [6.45, 7) is 1.94. The van der Waals surface area contributed by atoms with Crippen LogP contribution in [0.2, 0.25) is 0 Å². The number of amides is 1. The lowest BCUT2D eigenvalue weighted by Gasteiger charge is -2.02. The molecule has 7 heteroatoms. The van der Waals surface area contributed by atoms with Crippen LogP contribution in [-0.4, -0.2) is 27.2 Å². The molecule has 0 spiro atoms. The van der Waals surface area contributed by atoms with E-state index in [9.17, 15) is 9.59 Å². The predicted molar refractivity (Wildman–Crippen MR) is 75.0 cm³/mol. The number of carboxylic acids is 1. The first kappa shape index (κ1) is 14.1. The highest BCUT2D eigenvalue weighted by Gasteiger charge is 2.13. The number of anilines is 1. The molecule has 20 heavy (non-hydrogen) atoms. The Morgan fingerprint density at radius 3 is 2.85 bits per heavy atom. The van der Waals surface area contributed by atoms with Crippen molar-refractivity contribution in [1.82, 2.24) is 10.2 Å². The fourth-order valence-electron chi connectivity index (χ4n) is 1.57. The Labute approximate surface area is 119 Å². The zero-order valence-electron chi connectivity index (χ0n) is 10.8. The molecule has 6 nitrogen and oxygen atoms in total. The molecule has 0 atom stereocenters. The average molecular weight is 291 g/mol. The Morgan fingerprint density at radius 2 is 2.15 bits per heavy atom. The van der Waals surface area contributed by atoms with E-state index in [1.54, 1.807) is 6.07 Å². The van der Waals surface area contributed by atoms with Gasteiger partial charge in [-0.05, 0) is 24.6 Å². The van der Waals surface area contributed by atoms with Gasteiger partial charge in [0.25, 0.3) is 5.91 Å². The van der Waals surface area contributed by atoms with Crippen LogP contribution in [0.3, 0.4) is 0 Å². The fourth-order valence-corrected chi connectivity index (χ4v) is 2.30. The van der Waals surface area contributed by atoms with Crippen LogP contribution in [0, 0.1) is 6.92 Å². The Morgan fingerprint density at radius 1 is 1.35 bits per heavy atom. The number of nitrogens with one attached hydrogen (secondary N) is 1. The number of aromatic nitrogens is 2. The molecule has 0 saturated carbocycles. The van der Waals surface area contributed by atoms with Gasteiger partial charge in [0.15, 0.2) is 0 Å². The first-order chi connectivity index (χ1) is 9.54. The summed E-state index contributed by atoms with van der Waals surface area (Å²) in [5, 5.41) is 19.7. The maximum absolute atomic E-state index is 12.0. The molecule has 0 radical (unpaired) electrons. The highest BCUT2D eigenvalue weighted by atomic mass is 32.1. The van der Waals surface area contributed by atoms with Crippen LogP contribution < -0.4 is 5.32 Å². The Hall–Kier alpha value is -2.28. The summed E-state index contributed by atoms with van der Waals surface area (Å²) in [6, 6.07) is 7.43. The van der Waals surface area contributed by atoms with Crippen molar-refractivity contribution in [2.24, 2.45) is 0 Å². The molecule has 1 heterocycles. The van der Waals surface area contributed by atoms with Gasteiger partial charge >= 0.3 is 5.97 Å². The number of carbonyl (C=O) groups excluding carboxylic acids is 1. The molecular weight excluding hydrogens is 278 g/mol. The van der Waals surface area contributed by atoms with Crippen molar-refractivity contribution < 1.29 is 14.7 Å². The Bertz CT molecular complexity index is 639. The minimum atomic E-state index is -0.897. The number of carboxylic acid groups (broad SMARTS) is 1. The number of aryl methyl sites for hydroxylation is 2. The van der Waals surface area contributed by atoms with E-state index in [2.05, 4.69) is 15.5 Å². The summed E-state index contributed by atoms with van der Waals surface area (Å²) >= 11 is 1.11. The monoisotopic (exact) mass is 291 g/mol. The fraction of sp³-hybridized carbons (Fsp3) is 0.231. The Balaban J connectivity index is 2.01. The molecule has 104 valence electrons. The molecule has 2 aromatic rings. The largest absolute Gasteiger partial charge is 0.481 e. The third kappa shape index (κ3) is 3.86. The van der Waals surface area contributed by atoms with Gasteiger partial charge in [0, 0.05) is 12.1 Å². The predicted octanol–water partition coefficient (Wildman–Crippen LogP) is 2.12. The van der Waals surface area contributed by atoms with Crippen molar-refractivity contribution in [2.75, 3.05) is 5.32 Å². The van der Waals surface area contributed by atoms with E-state index in [1.807, 2.05) is 25.1 Å². The molecule has 1 aromatic heterocycles. The second-order valence-electron chi connectivity index (χ2n) is 4.22. The zero-order valence-corrected chi connectivity index (χ0v) is 11.6. The number of rotatable bonds is 5. The average Bonchev–Trinajstić information content (AvgIpc) is 2.85. The van der Waals surface area contributed by atoms with Gasteiger partial charge in [0.05, 0.1) is 6.42 Å². The van der Waals surface area contributed by atoms with Crippen molar-refractivity contribution in [3.8, 4) is 0 Å². The van der Waals surface area contributed by atoms with Crippen molar-refractivity contribution in [3.63, 3.8) is 0 Å². The molecule has 0 aliphatic rings. The van der Waals surface area contributed by atoms with Crippen LogP contribution in [0.1, 0.15) is 26.8 Å². The number of hydrogen-bond acceptors (Lipinski definition) is 5. The highest BCUT2D eigenvalue weighted by Crippen LogP contribution is 2.15. The minimum Gasteiger partial charge on any atom is -0.481 e. The van der Waals surface area contributed by atoms with Gasteiger partial charge in [-0.25, -0.2) is 0 Å². The van der Waals surface area contributed by atoms with E-state index < -0.39 is 5.97 Å². The second kappa shape index (κ2) is 6.25. The molecular formula is C13H13N3O3S. The van der Waals surface area contributed by atoms with Crippen LogP contribution in [-0.2, 0) is 11.2 Å². The standard InChI is InChI=1S/C13H13N3O3S/c1-8-3-2-4-9(7-8)14-12(19)13-16-15-10(20-13)5-6-11(17)18/h2-4,7H,5-6H2,1H3,(H,14,19)(H,17,18). The normalized spacial score (nSPS) is 10.2. The Kier molecular flexibility index (Phi) is 4.41. The lowest BCUT2D eigenvalue weighted by molar-refractivity contribution is -0.136. The molecule has 2 rings (SSSR count). The summed E-state index contributed by atoms with van der Waals surface area (Å²) in [6.07, 6.45) is 0.263. The van der Waals surface area contributed by atoms with E-state index in [-0.39, 0.29) is 23.8 Å². The maximum Gasteiger partial charge on any atom is 0.303 e. The number of hydrogen-bond donors (Lipinski definition) is 2. The highest BCUT2D eigenvalue weighted by molar-refractivity contribution is 7.13.